The fraction of sp³-hybridized carbons (Fsp3) is 0.400. The van der Waals surface area contributed by atoms with Crippen LogP contribution in [-0.4, -0.2) is 47.0 Å². The number of benzene rings is 1. The Morgan fingerprint density at radius 2 is 2.00 bits per heavy atom. The lowest BCUT2D eigenvalue weighted by Gasteiger charge is -2.33. The fourth-order valence-corrected chi connectivity index (χ4v) is 3.19. The maximum Gasteiger partial charge on any atom is 0.251 e. The van der Waals surface area contributed by atoms with E-state index in [1.807, 2.05) is 19.1 Å². The highest BCUT2D eigenvalue weighted by molar-refractivity contribution is 5.97. The van der Waals surface area contributed by atoms with Crippen LogP contribution in [0.4, 0.5) is 5.95 Å². The van der Waals surface area contributed by atoms with Crippen LogP contribution in [-0.2, 0) is 4.79 Å². The number of amides is 2. The Balaban J connectivity index is 1.54. The summed E-state index contributed by atoms with van der Waals surface area (Å²) >= 11 is 0. The number of hydrogen-bond donors (Lipinski definition) is 2. The number of aromatic nitrogens is 2. The molecule has 7 nitrogen and oxygen atoms in total. The van der Waals surface area contributed by atoms with Gasteiger partial charge in [0.1, 0.15) is 6.04 Å². The molecule has 3 rings (SSSR count). The number of piperidine rings is 1. The van der Waals surface area contributed by atoms with E-state index in [0.717, 1.165) is 24.9 Å². The van der Waals surface area contributed by atoms with Crippen LogP contribution in [0.2, 0.25) is 0 Å². The van der Waals surface area contributed by atoms with Gasteiger partial charge in [-0.05, 0) is 44.9 Å². The summed E-state index contributed by atoms with van der Waals surface area (Å²) < 4.78 is 0. The summed E-state index contributed by atoms with van der Waals surface area (Å²) in [7, 11) is 0. The first-order valence-corrected chi connectivity index (χ1v) is 9.23. The zero-order chi connectivity index (χ0) is 19.2. The second-order valence-electron chi connectivity index (χ2n) is 6.91. The highest BCUT2D eigenvalue weighted by Gasteiger charge is 2.25. The van der Waals surface area contributed by atoms with E-state index in [1.54, 1.807) is 37.5 Å². The van der Waals surface area contributed by atoms with Crippen LogP contribution >= 0.6 is 0 Å². The van der Waals surface area contributed by atoms with Gasteiger partial charge in [-0.15, -0.1) is 0 Å². The lowest BCUT2D eigenvalue weighted by molar-refractivity contribution is -0.123. The van der Waals surface area contributed by atoms with Gasteiger partial charge in [-0.3, -0.25) is 9.59 Å². The molecule has 0 aliphatic carbocycles. The normalized spacial score (nSPS) is 17.9. The Kier molecular flexibility index (Phi) is 6.01. The number of nitrogens with one attached hydrogen (secondary N) is 2. The van der Waals surface area contributed by atoms with E-state index in [0.29, 0.717) is 18.1 Å². The van der Waals surface area contributed by atoms with Crippen molar-refractivity contribution in [2.24, 2.45) is 0 Å². The lowest BCUT2D eigenvalue weighted by Crippen LogP contribution is -2.53. The maximum atomic E-state index is 12.5. The molecular formula is C20H25N5O2. The van der Waals surface area contributed by atoms with E-state index in [9.17, 15) is 9.59 Å². The molecule has 0 saturated carbocycles. The number of hydrogen-bond acceptors (Lipinski definition) is 5. The van der Waals surface area contributed by atoms with Gasteiger partial charge in [0.2, 0.25) is 11.9 Å². The van der Waals surface area contributed by atoms with Crippen molar-refractivity contribution in [2.45, 2.75) is 38.8 Å². The highest BCUT2D eigenvalue weighted by Crippen LogP contribution is 2.15. The molecule has 1 aromatic carbocycles. The molecule has 0 radical (unpaired) electrons. The van der Waals surface area contributed by atoms with Gasteiger partial charge in [0.25, 0.3) is 5.91 Å². The first-order chi connectivity index (χ1) is 13.0. The molecule has 1 fully saturated rings. The van der Waals surface area contributed by atoms with E-state index in [-0.39, 0.29) is 17.9 Å². The first kappa shape index (κ1) is 18.8. The van der Waals surface area contributed by atoms with Crippen LogP contribution in [0.5, 0.6) is 0 Å². The predicted molar refractivity (Wildman–Crippen MR) is 104 cm³/mol. The molecule has 0 bridgehead atoms. The summed E-state index contributed by atoms with van der Waals surface area (Å²) in [5.41, 5.74) is 1.56. The number of anilines is 1. The topological polar surface area (TPSA) is 87.2 Å². The van der Waals surface area contributed by atoms with Crippen LogP contribution in [0.1, 0.15) is 35.7 Å². The van der Waals surface area contributed by atoms with E-state index < -0.39 is 6.04 Å². The van der Waals surface area contributed by atoms with Crippen LogP contribution < -0.4 is 15.5 Å². The number of carbonyl (C=O) groups excluding carboxylic acids is 2. The van der Waals surface area contributed by atoms with Gasteiger partial charge in [-0.2, -0.15) is 0 Å². The SMILES string of the molecule is Cc1cccc(C(=O)N[C@@H](C)C(=O)N[C@@H]2CCCN(c3ncccn3)C2)c1. The number of carbonyl (C=O) groups is 2. The average molecular weight is 367 g/mol. The molecule has 1 aromatic heterocycles. The minimum atomic E-state index is -0.610. The molecule has 0 unspecified atom stereocenters. The van der Waals surface area contributed by atoms with Gasteiger partial charge in [0.15, 0.2) is 0 Å². The molecule has 1 saturated heterocycles. The molecule has 2 aromatic rings. The molecule has 7 heteroatoms. The second-order valence-corrected chi connectivity index (χ2v) is 6.91. The summed E-state index contributed by atoms with van der Waals surface area (Å²) in [6.45, 7) is 5.16. The molecular weight excluding hydrogens is 342 g/mol. The summed E-state index contributed by atoms with van der Waals surface area (Å²) in [6, 6.07) is 8.49. The molecule has 2 N–H and O–H groups in total. The Hall–Kier alpha value is -2.96. The second kappa shape index (κ2) is 8.62. The summed E-state index contributed by atoms with van der Waals surface area (Å²) in [5.74, 6) is 0.249. The summed E-state index contributed by atoms with van der Waals surface area (Å²) in [5, 5.41) is 5.80. The van der Waals surface area contributed by atoms with Crippen LogP contribution in [0.25, 0.3) is 0 Å². The van der Waals surface area contributed by atoms with Crippen molar-refractivity contribution in [3.63, 3.8) is 0 Å². The van der Waals surface area contributed by atoms with Crippen LogP contribution in [0.3, 0.4) is 0 Å². The molecule has 1 aliphatic heterocycles. The van der Waals surface area contributed by atoms with E-state index in [1.165, 1.54) is 0 Å². The first-order valence-electron chi connectivity index (χ1n) is 9.23. The predicted octanol–water partition coefficient (Wildman–Crippen LogP) is 1.69. The number of rotatable bonds is 5. The van der Waals surface area contributed by atoms with Crippen molar-refractivity contribution < 1.29 is 9.59 Å². The Morgan fingerprint density at radius 3 is 2.74 bits per heavy atom. The smallest absolute Gasteiger partial charge is 0.251 e. The molecule has 2 atom stereocenters. The molecule has 2 heterocycles. The van der Waals surface area contributed by atoms with Crippen molar-refractivity contribution in [3.05, 3.63) is 53.9 Å². The summed E-state index contributed by atoms with van der Waals surface area (Å²) in [6.07, 6.45) is 5.28. The molecule has 2 amide bonds. The monoisotopic (exact) mass is 367 g/mol. The lowest BCUT2D eigenvalue weighted by atomic mass is 10.1. The summed E-state index contributed by atoms with van der Waals surface area (Å²) in [4.78, 5) is 35.5. The van der Waals surface area contributed by atoms with E-state index in [4.69, 9.17) is 0 Å². The third-order valence-electron chi connectivity index (χ3n) is 4.62. The van der Waals surface area contributed by atoms with Crippen molar-refractivity contribution >= 4 is 17.8 Å². The molecule has 27 heavy (non-hydrogen) atoms. The zero-order valence-electron chi connectivity index (χ0n) is 15.7. The molecule has 142 valence electrons. The van der Waals surface area contributed by atoms with Crippen LogP contribution in [0.15, 0.2) is 42.7 Å². The third-order valence-corrected chi connectivity index (χ3v) is 4.62. The quantitative estimate of drug-likeness (QED) is 0.840. The number of nitrogens with zero attached hydrogens (tertiary/aromatic N) is 3. The van der Waals surface area contributed by atoms with Gasteiger partial charge in [0, 0.05) is 37.1 Å². The van der Waals surface area contributed by atoms with E-state index in [2.05, 4.69) is 25.5 Å². The Labute approximate surface area is 159 Å². The van der Waals surface area contributed by atoms with Crippen molar-refractivity contribution in [2.75, 3.05) is 18.0 Å². The van der Waals surface area contributed by atoms with Gasteiger partial charge in [-0.25, -0.2) is 9.97 Å². The Bertz CT molecular complexity index is 796. The van der Waals surface area contributed by atoms with Gasteiger partial charge < -0.3 is 15.5 Å². The average Bonchev–Trinajstić information content (AvgIpc) is 2.68. The van der Waals surface area contributed by atoms with Crippen molar-refractivity contribution in [1.82, 2.24) is 20.6 Å². The van der Waals surface area contributed by atoms with Crippen molar-refractivity contribution in [1.29, 1.82) is 0 Å². The maximum absolute atomic E-state index is 12.5. The van der Waals surface area contributed by atoms with Crippen molar-refractivity contribution in [3.8, 4) is 0 Å². The molecule has 1 aliphatic rings. The molecule has 0 spiro atoms. The highest BCUT2D eigenvalue weighted by atomic mass is 16.2. The Morgan fingerprint density at radius 1 is 1.22 bits per heavy atom. The van der Waals surface area contributed by atoms with E-state index >= 15 is 0 Å². The zero-order valence-corrected chi connectivity index (χ0v) is 15.7. The van der Waals surface area contributed by atoms with Gasteiger partial charge in [0.05, 0.1) is 0 Å². The number of aryl methyl sites for hydroxylation is 1. The minimum Gasteiger partial charge on any atom is -0.350 e. The third kappa shape index (κ3) is 5.03. The standard InChI is InChI=1S/C20H25N5O2/c1-14-6-3-7-16(12-14)19(27)23-15(2)18(26)24-17-8-4-11-25(13-17)20-21-9-5-10-22-20/h3,5-7,9-10,12,15,17H,4,8,11,13H2,1-2H3,(H,23,27)(H,24,26)/t15-,17+/m0/s1. The minimum absolute atomic E-state index is 0.00776. The van der Waals surface area contributed by atoms with Crippen LogP contribution in [0, 0.1) is 6.92 Å². The fourth-order valence-electron chi connectivity index (χ4n) is 3.19. The van der Waals surface area contributed by atoms with Gasteiger partial charge >= 0.3 is 0 Å². The van der Waals surface area contributed by atoms with Gasteiger partial charge in [-0.1, -0.05) is 17.7 Å². The largest absolute Gasteiger partial charge is 0.350 e.